The fourth-order valence-corrected chi connectivity index (χ4v) is 9.07. The molecule has 0 saturated carbocycles. The van der Waals surface area contributed by atoms with Gasteiger partial charge in [0.1, 0.15) is 0 Å². The summed E-state index contributed by atoms with van der Waals surface area (Å²) in [5.41, 5.74) is 0. The summed E-state index contributed by atoms with van der Waals surface area (Å²) < 4.78 is 28.6. The number of hydrogen-bond acceptors (Lipinski definition) is 7. The lowest BCUT2D eigenvalue weighted by molar-refractivity contribution is 0.106. The first-order valence-corrected chi connectivity index (χ1v) is 12.1. The van der Waals surface area contributed by atoms with Crippen molar-refractivity contribution in [2.75, 3.05) is 0 Å². The van der Waals surface area contributed by atoms with Crippen LogP contribution in [0, 0.1) is 0 Å². The summed E-state index contributed by atoms with van der Waals surface area (Å²) in [5, 5.41) is 0. The van der Waals surface area contributed by atoms with E-state index < -0.39 is 13.4 Å². The molecule has 0 bridgehead atoms. The molecule has 0 radical (unpaired) electrons. The van der Waals surface area contributed by atoms with Gasteiger partial charge in [-0.25, -0.2) is 4.31 Å². The fraction of sp³-hybridized carbons (Fsp3) is 1.00. The molecule has 0 spiro atoms. The Balaban J connectivity index is 5.29. The van der Waals surface area contributed by atoms with Crippen LogP contribution in [-0.4, -0.2) is 24.4 Å². The highest BCUT2D eigenvalue weighted by Crippen LogP contribution is 2.68. The minimum absolute atomic E-state index is 0.142. The second kappa shape index (κ2) is 9.41. The van der Waals surface area contributed by atoms with Crippen LogP contribution in [0.1, 0.15) is 55.4 Å². The van der Waals surface area contributed by atoms with Gasteiger partial charge in [0.25, 0.3) is 0 Å². The molecule has 5 nitrogen and oxygen atoms in total. The van der Waals surface area contributed by atoms with Crippen molar-refractivity contribution in [3.05, 3.63) is 0 Å². The first-order valence-electron chi connectivity index (χ1n) is 7.02. The summed E-state index contributed by atoms with van der Waals surface area (Å²) in [6, 6.07) is 0. The Bertz CT molecular complexity index is 335. The summed E-state index contributed by atoms with van der Waals surface area (Å²) >= 11 is 10.9. The van der Waals surface area contributed by atoms with Gasteiger partial charge in [0.2, 0.25) is 0 Å². The Labute approximate surface area is 139 Å². The Kier molecular flexibility index (Phi) is 9.90. The van der Waals surface area contributed by atoms with Gasteiger partial charge in [0.15, 0.2) is 0 Å². The molecule has 0 heterocycles. The van der Waals surface area contributed by atoms with Gasteiger partial charge in [-0.3, -0.25) is 0 Å². The van der Waals surface area contributed by atoms with Crippen LogP contribution in [0.5, 0.6) is 0 Å². The standard InChI is InChI=1S/C12H28O5P2S2/c1-9(2)13-18(20,14-10(3)4)17-19(21,15-11(5)6)16-12(7)8/h9-12H,1-8H3. The quantitative estimate of drug-likeness (QED) is 0.487. The third kappa shape index (κ3) is 10.5. The van der Waals surface area contributed by atoms with Gasteiger partial charge in [0.05, 0.1) is 24.4 Å². The van der Waals surface area contributed by atoms with Crippen molar-refractivity contribution in [2.24, 2.45) is 0 Å². The zero-order chi connectivity index (χ0) is 16.8. The Morgan fingerprint density at radius 1 is 0.524 bits per heavy atom. The molecule has 0 aliphatic carbocycles. The molecule has 0 aromatic carbocycles. The van der Waals surface area contributed by atoms with Crippen LogP contribution >= 0.6 is 13.4 Å². The monoisotopic (exact) mass is 378 g/mol. The van der Waals surface area contributed by atoms with Crippen molar-refractivity contribution in [1.82, 2.24) is 0 Å². The maximum absolute atomic E-state index is 5.83. The summed E-state index contributed by atoms with van der Waals surface area (Å²) in [7, 11) is 0. The van der Waals surface area contributed by atoms with Gasteiger partial charge in [0, 0.05) is 0 Å². The van der Waals surface area contributed by atoms with Crippen LogP contribution in [0.15, 0.2) is 0 Å². The maximum Gasteiger partial charge on any atom is 0.334 e. The van der Waals surface area contributed by atoms with Gasteiger partial charge < -0.3 is 18.1 Å². The Morgan fingerprint density at radius 3 is 0.857 bits per heavy atom. The molecule has 0 fully saturated rings. The van der Waals surface area contributed by atoms with E-state index >= 15 is 0 Å². The van der Waals surface area contributed by atoms with Crippen molar-refractivity contribution in [1.29, 1.82) is 0 Å². The Morgan fingerprint density at radius 2 is 0.714 bits per heavy atom. The van der Waals surface area contributed by atoms with E-state index in [1.54, 1.807) is 0 Å². The predicted octanol–water partition coefficient (Wildman–Crippen LogP) is 5.15. The molecule has 0 aliphatic heterocycles. The first kappa shape index (κ1) is 22.1. The van der Waals surface area contributed by atoms with Crippen LogP contribution in [0.2, 0.25) is 0 Å². The van der Waals surface area contributed by atoms with Crippen LogP contribution in [0.25, 0.3) is 0 Å². The molecule has 128 valence electrons. The molecule has 0 rings (SSSR count). The van der Waals surface area contributed by atoms with Crippen molar-refractivity contribution < 1.29 is 22.4 Å². The van der Waals surface area contributed by atoms with E-state index in [2.05, 4.69) is 0 Å². The van der Waals surface area contributed by atoms with Crippen LogP contribution in [0.3, 0.4) is 0 Å². The zero-order valence-electron chi connectivity index (χ0n) is 14.1. The van der Waals surface area contributed by atoms with Crippen LogP contribution in [0.4, 0.5) is 0 Å². The van der Waals surface area contributed by atoms with E-state index in [4.69, 9.17) is 46.0 Å². The van der Waals surface area contributed by atoms with Gasteiger partial charge in [-0.05, 0) is 79.0 Å². The molecule has 0 aliphatic rings. The smallest absolute Gasteiger partial charge is 0.306 e. The molecule has 0 amide bonds. The van der Waals surface area contributed by atoms with Crippen molar-refractivity contribution in [3.63, 3.8) is 0 Å². The molecule has 0 saturated heterocycles. The predicted molar refractivity (Wildman–Crippen MR) is 94.5 cm³/mol. The van der Waals surface area contributed by atoms with E-state index in [0.717, 1.165) is 0 Å². The van der Waals surface area contributed by atoms with E-state index in [1.807, 2.05) is 55.4 Å². The SMILES string of the molecule is CC(C)OP(=S)(OC(C)C)OP(=S)(OC(C)C)OC(C)C. The summed E-state index contributed by atoms with van der Waals surface area (Å²) in [6.07, 6.45) is -0.570. The highest BCUT2D eigenvalue weighted by Gasteiger charge is 2.36. The molecule has 0 unspecified atom stereocenters. The Hall–Kier alpha value is 1.10. The van der Waals surface area contributed by atoms with Crippen LogP contribution < -0.4 is 0 Å². The molecule has 0 aromatic rings. The topological polar surface area (TPSA) is 46.2 Å². The third-order valence-corrected chi connectivity index (χ3v) is 8.11. The molecule has 21 heavy (non-hydrogen) atoms. The first-order chi connectivity index (χ1) is 9.37. The van der Waals surface area contributed by atoms with Crippen molar-refractivity contribution >= 4 is 37.1 Å². The second-order valence-electron chi connectivity index (χ2n) is 5.59. The van der Waals surface area contributed by atoms with Gasteiger partial charge in [-0.15, -0.1) is 0 Å². The van der Waals surface area contributed by atoms with Crippen molar-refractivity contribution in [3.8, 4) is 0 Å². The molecule has 0 N–H and O–H groups in total. The summed E-state index contributed by atoms with van der Waals surface area (Å²) in [5.74, 6) is 0. The molecule has 9 heteroatoms. The summed E-state index contributed by atoms with van der Waals surface area (Å²) in [4.78, 5) is 0. The van der Waals surface area contributed by atoms with Gasteiger partial charge in [-0.1, -0.05) is 0 Å². The summed E-state index contributed by atoms with van der Waals surface area (Å²) in [6.45, 7) is 8.85. The highest BCUT2D eigenvalue weighted by molar-refractivity contribution is 8.14. The van der Waals surface area contributed by atoms with Gasteiger partial charge >= 0.3 is 13.4 Å². The van der Waals surface area contributed by atoms with Crippen molar-refractivity contribution in [2.45, 2.75) is 79.8 Å². The van der Waals surface area contributed by atoms with Crippen LogP contribution in [-0.2, 0) is 46.0 Å². The van der Waals surface area contributed by atoms with E-state index in [1.165, 1.54) is 0 Å². The van der Waals surface area contributed by atoms with Gasteiger partial charge in [-0.2, -0.15) is 0 Å². The molecule has 0 atom stereocenters. The minimum Gasteiger partial charge on any atom is -0.306 e. The second-order valence-corrected chi connectivity index (χ2v) is 11.6. The maximum atomic E-state index is 5.83. The zero-order valence-corrected chi connectivity index (χ0v) is 17.5. The average Bonchev–Trinajstić information content (AvgIpc) is 2.07. The lowest BCUT2D eigenvalue weighted by atomic mass is 10.5. The lowest BCUT2D eigenvalue weighted by Crippen LogP contribution is -2.13. The van der Waals surface area contributed by atoms with E-state index in [-0.39, 0.29) is 24.4 Å². The molecular formula is C12H28O5P2S2. The molecular weight excluding hydrogens is 350 g/mol. The largest absolute Gasteiger partial charge is 0.334 e. The van der Waals surface area contributed by atoms with E-state index in [9.17, 15) is 0 Å². The lowest BCUT2D eigenvalue weighted by Gasteiger charge is -2.32. The molecule has 0 aromatic heterocycles. The normalized spacial score (nSPS) is 13.9. The minimum atomic E-state index is -3.04. The third-order valence-electron chi connectivity index (χ3n) is 1.56. The fourth-order valence-electron chi connectivity index (χ4n) is 1.28. The average molecular weight is 378 g/mol. The van der Waals surface area contributed by atoms with E-state index in [0.29, 0.717) is 0 Å². The number of hydrogen-bond donors (Lipinski definition) is 0. The highest BCUT2D eigenvalue weighted by atomic mass is 32.5. The number of rotatable bonds is 10.